The molecule has 1 N–H and O–H groups in total. The summed E-state index contributed by atoms with van der Waals surface area (Å²) in [4.78, 5) is 0. The van der Waals surface area contributed by atoms with Crippen molar-refractivity contribution in [3.8, 4) is 12.3 Å². The van der Waals surface area contributed by atoms with Crippen LogP contribution in [-0.2, 0) is 5.41 Å². The summed E-state index contributed by atoms with van der Waals surface area (Å²) in [5, 5.41) is 10.1. The van der Waals surface area contributed by atoms with Crippen LogP contribution in [0.2, 0.25) is 0 Å². The molecule has 1 saturated carbocycles. The predicted molar refractivity (Wildman–Crippen MR) is 61.4 cm³/mol. The van der Waals surface area contributed by atoms with Gasteiger partial charge < -0.3 is 5.11 Å². The molecule has 1 aliphatic rings. The fraction of sp³-hybridized carbons (Fsp3) is 0.429. The summed E-state index contributed by atoms with van der Waals surface area (Å²) in [5.41, 5.74) is 1.17. The number of rotatable bonds is 3. The molecule has 0 aromatic heterocycles. The number of benzene rings is 1. The second kappa shape index (κ2) is 4.08. The molecule has 1 aliphatic carbocycles. The molecule has 1 aromatic carbocycles. The van der Waals surface area contributed by atoms with Crippen LogP contribution in [0.3, 0.4) is 0 Å². The average Bonchev–Trinajstić information content (AvgIpc) is 2.18. The van der Waals surface area contributed by atoms with Gasteiger partial charge in [0.1, 0.15) is 0 Å². The zero-order valence-corrected chi connectivity index (χ0v) is 8.82. The van der Waals surface area contributed by atoms with Gasteiger partial charge in [0.15, 0.2) is 0 Å². The van der Waals surface area contributed by atoms with E-state index in [-0.39, 0.29) is 5.41 Å². The van der Waals surface area contributed by atoms with E-state index in [9.17, 15) is 5.11 Å². The van der Waals surface area contributed by atoms with Gasteiger partial charge in [-0.25, -0.2) is 0 Å². The number of hydrogen-bond acceptors (Lipinski definition) is 1. The molecule has 78 valence electrons. The van der Waals surface area contributed by atoms with Crippen molar-refractivity contribution >= 4 is 0 Å². The van der Waals surface area contributed by atoms with Crippen LogP contribution >= 0.6 is 0 Å². The normalized spacial score (nSPS) is 20.0. The third kappa shape index (κ3) is 1.66. The lowest BCUT2D eigenvalue weighted by molar-refractivity contribution is 0.0320. The van der Waals surface area contributed by atoms with Gasteiger partial charge in [0.2, 0.25) is 0 Å². The monoisotopic (exact) mass is 200 g/mol. The lowest BCUT2D eigenvalue weighted by Gasteiger charge is -2.45. The molecule has 0 bridgehead atoms. The van der Waals surface area contributed by atoms with Crippen LogP contribution in [0.15, 0.2) is 30.3 Å². The highest BCUT2D eigenvalue weighted by molar-refractivity contribution is 5.30. The van der Waals surface area contributed by atoms with Crippen molar-refractivity contribution in [2.45, 2.75) is 37.2 Å². The molecule has 15 heavy (non-hydrogen) atoms. The van der Waals surface area contributed by atoms with Crippen LogP contribution in [-0.4, -0.2) is 11.2 Å². The zero-order chi connectivity index (χ0) is 10.7. The van der Waals surface area contributed by atoms with Gasteiger partial charge in [-0.3, -0.25) is 0 Å². The molecule has 0 spiro atoms. The molecule has 0 aliphatic heterocycles. The predicted octanol–water partition coefficient (Wildman–Crippen LogP) is 2.49. The van der Waals surface area contributed by atoms with Crippen molar-refractivity contribution < 1.29 is 5.11 Å². The summed E-state index contributed by atoms with van der Waals surface area (Å²) in [6, 6.07) is 10.2. The summed E-state index contributed by atoms with van der Waals surface area (Å²) in [7, 11) is 0. The minimum Gasteiger partial charge on any atom is -0.391 e. The Balaban J connectivity index is 2.27. The van der Waals surface area contributed by atoms with E-state index in [1.165, 1.54) is 12.0 Å². The Morgan fingerprint density at radius 2 is 2.00 bits per heavy atom. The smallest absolute Gasteiger partial charge is 0.0745 e. The van der Waals surface area contributed by atoms with Gasteiger partial charge in [-0.1, -0.05) is 36.8 Å². The van der Waals surface area contributed by atoms with Gasteiger partial charge in [0, 0.05) is 11.8 Å². The Labute approximate surface area is 91.1 Å². The van der Waals surface area contributed by atoms with E-state index in [1.54, 1.807) is 0 Å². The number of terminal acetylenes is 1. The first kappa shape index (κ1) is 10.3. The van der Waals surface area contributed by atoms with Crippen molar-refractivity contribution in [3.05, 3.63) is 35.9 Å². The van der Waals surface area contributed by atoms with Crippen LogP contribution in [0.5, 0.6) is 0 Å². The molecular formula is C14H16O. The molecule has 0 heterocycles. The third-order valence-corrected chi connectivity index (χ3v) is 3.54. The molecule has 1 nitrogen and oxygen atoms in total. The number of aliphatic hydroxyl groups excluding tert-OH is 1. The highest BCUT2D eigenvalue weighted by Gasteiger charge is 2.44. The second-order valence-corrected chi connectivity index (χ2v) is 4.30. The van der Waals surface area contributed by atoms with Crippen LogP contribution in [0.1, 0.15) is 31.2 Å². The van der Waals surface area contributed by atoms with Crippen molar-refractivity contribution in [1.29, 1.82) is 0 Å². The molecule has 2 rings (SSSR count). The van der Waals surface area contributed by atoms with Crippen molar-refractivity contribution in [2.24, 2.45) is 0 Å². The minimum absolute atomic E-state index is 0.0619. The lowest BCUT2D eigenvalue weighted by atomic mass is 9.60. The molecule has 1 heteroatoms. The molecule has 0 amide bonds. The largest absolute Gasteiger partial charge is 0.391 e. The highest BCUT2D eigenvalue weighted by Crippen LogP contribution is 2.47. The van der Waals surface area contributed by atoms with E-state index in [0.29, 0.717) is 6.42 Å². The topological polar surface area (TPSA) is 20.2 Å². The maximum Gasteiger partial charge on any atom is 0.0745 e. The Bertz CT molecular complexity index is 357. The van der Waals surface area contributed by atoms with Gasteiger partial charge in [0.25, 0.3) is 0 Å². The fourth-order valence-electron chi connectivity index (χ4n) is 2.45. The standard InChI is InChI=1S/C14H16O/c1-2-7-13(15)14(10-6-11-14)12-8-4-3-5-9-12/h1,3-5,8-9,13,15H,6-7,10-11H2. The van der Waals surface area contributed by atoms with Crippen LogP contribution in [0.4, 0.5) is 0 Å². The summed E-state index contributed by atoms with van der Waals surface area (Å²) in [5.74, 6) is 2.56. The van der Waals surface area contributed by atoms with E-state index in [4.69, 9.17) is 6.42 Å². The maximum absolute atomic E-state index is 10.1. The number of hydrogen-bond donors (Lipinski definition) is 1. The van der Waals surface area contributed by atoms with Crippen molar-refractivity contribution in [2.75, 3.05) is 0 Å². The Kier molecular flexibility index (Phi) is 2.79. The summed E-state index contributed by atoms with van der Waals surface area (Å²) in [6.07, 6.45) is 8.64. The van der Waals surface area contributed by atoms with E-state index in [0.717, 1.165) is 12.8 Å². The molecule has 1 atom stereocenters. The first-order chi connectivity index (χ1) is 7.29. The molecule has 1 fully saturated rings. The summed E-state index contributed by atoms with van der Waals surface area (Å²) in [6.45, 7) is 0. The van der Waals surface area contributed by atoms with E-state index >= 15 is 0 Å². The quantitative estimate of drug-likeness (QED) is 0.743. The third-order valence-electron chi connectivity index (χ3n) is 3.54. The maximum atomic E-state index is 10.1. The van der Waals surface area contributed by atoms with Gasteiger partial charge in [-0.15, -0.1) is 12.3 Å². The average molecular weight is 200 g/mol. The Morgan fingerprint density at radius 3 is 2.47 bits per heavy atom. The minimum atomic E-state index is -0.390. The molecule has 1 aromatic rings. The molecule has 0 saturated heterocycles. The van der Waals surface area contributed by atoms with Gasteiger partial charge in [0.05, 0.1) is 6.10 Å². The Hall–Kier alpha value is -1.26. The van der Waals surface area contributed by atoms with Crippen LogP contribution in [0.25, 0.3) is 0 Å². The second-order valence-electron chi connectivity index (χ2n) is 4.30. The lowest BCUT2D eigenvalue weighted by Crippen LogP contribution is -2.45. The van der Waals surface area contributed by atoms with E-state index in [2.05, 4.69) is 18.1 Å². The Morgan fingerprint density at radius 1 is 1.33 bits per heavy atom. The SMILES string of the molecule is C#CCC(O)C1(c2ccccc2)CCC1. The fourth-order valence-corrected chi connectivity index (χ4v) is 2.45. The first-order valence-electron chi connectivity index (χ1n) is 5.47. The van der Waals surface area contributed by atoms with Crippen molar-refractivity contribution in [3.63, 3.8) is 0 Å². The van der Waals surface area contributed by atoms with Gasteiger partial charge >= 0.3 is 0 Å². The van der Waals surface area contributed by atoms with Crippen molar-refractivity contribution in [1.82, 2.24) is 0 Å². The zero-order valence-electron chi connectivity index (χ0n) is 8.82. The molecule has 0 radical (unpaired) electrons. The van der Waals surface area contributed by atoms with E-state index < -0.39 is 6.10 Å². The molecular weight excluding hydrogens is 184 g/mol. The van der Waals surface area contributed by atoms with Gasteiger partial charge in [-0.2, -0.15) is 0 Å². The number of aliphatic hydroxyl groups is 1. The van der Waals surface area contributed by atoms with Crippen LogP contribution in [0, 0.1) is 12.3 Å². The summed E-state index contributed by atoms with van der Waals surface area (Å²) >= 11 is 0. The highest BCUT2D eigenvalue weighted by atomic mass is 16.3. The first-order valence-corrected chi connectivity index (χ1v) is 5.47. The van der Waals surface area contributed by atoms with Crippen LogP contribution < -0.4 is 0 Å². The van der Waals surface area contributed by atoms with E-state index in [1.807, 2.05) is 18.2 Å². The molecule has 1 unspecified atom stereocenters. The summed E-state index contributed by atoms with van der Waals surface area (Å²) < 4.78 is 0. The van der Waals surface area contributed by atoms with Gasteiger partial charge in [-0.05, 0) is 18.4 Å².